The van der Waals surface area contributed by atoms with Gasteiger partial charge in [-0.05, 0) is 6.07 Å². The summed E-state index contributed by atoms with van der Waals surface area (Å²) in [7, 11) is 1.86. The van der Waals surface area contributed by atoms with Gasteiger partial charge in [0.05, 0.1) is 12.0 Å². The first-order valence-corrected chi connectivity index (χ1v) is 5.49. The molecule has 2 heterocycles. The molecule has 1 unspecified atom stereocenters. The van der Waals surface area contributed by atoms with E-state index in [2.05, 4.69) is 11.4 Å². The van der Waals surface area contributed by atoms with Gasteiger partial charge in [-0.25, -0.2) is 0 Å². The van der Waals surface area contributed by atoms with Crippen LogP contribution in [0.5, 0.6) is 0 Å². The summed E-state index contributed by atoms with van der Waals surface area (Å²) in [5.41, 5.74) is 2.48. The largest absolute Gasteiger partial charge is 0.349 e. The molecule has 0 radical (unpaired) electrons. The van der Waals surface area contributed by atoms with E-state index in [-0.39, 0.29) is 11.8 Å². The lowest BCUT2D eigenvalue weighted by atomic mass is 9.94. The van der Waals surface area contributed by atoms with Gasteiger partial charge in [-0.2, -0.15) is 5.26 Å². The molecule has 1 aromatic carbocycles. The van der Waals surface area contributed by atoms with Gasteiger partial charge in [-0.1, -0.05) is 18.2 Å². The van der Waals surface area contributed by atoms with E-state index in [1.807, 2.05) is 35.9 Å². The van der Waals surface area contributed by atoms with Crippen LogP contribution in [-0.4, -0.2) is 17.0 Å². The van der Waals surface area contributed by atoms with Gasteiger partial charge >= 0.3 is 0 Å². The number of carbonyl (C=O) groups is 1. The van der Waals surface area contributed by atoms with E-state index in [0.717, 1.165) is 16.5 Å². The highest BCUT2D eigenvalue weighted by Gasteiger charge is 2.30. The van der Waals surface area contributed by atoms with Gasteiger partial charge in [0.1, 0.15) is 5.69 Å². The Morgan fingerprint density at radius 3 is 3.00 bits per heavy atom. The van der Waals surface area contributed by atoms with Gasteiger partial charge in [-0.15, -0.1) is 0 Å². The Hall–Kier alpha value is -2.28. The van der Waals surface area contributed by atoms with Crippen LogP contribution in [0.25, 0.3) is 10.9 Å². The van der Waals surface area contributed by atoms with Crippen molar-refractivity contribution in [3.05, 3.63) is 35.5 Å². The second-order valence-corrected chi connectivity index (χ2v) is 4.23. The smallest absolute Gasteiger partial charge is 0.268 e. The van der Waals surface area contributed by atoms with Crippen LogP contribution in [-0.2, 0) is 7.05 Å². The molecule has 1 aliphatic heterocycles. The highest BCUT2D eigenvalue weighted by Crippen LogP contribution is 2.33. The van der Waals surface area contributed by atoms with Crippen molar-refractivity contribution in [3.63, 3.8) is 0 Å². The summed E-state index contributed by atoms with van der Waals surface area (Å²) in [6.07, 6.45) is 0. The van der Waals surface area contributed by atoms with Crippen molar-refractivity contribution in [3.8, 4) is 6.07 Å². The average molecular weight is 225 g/mol. The molecule has 4 nitrogen and oxygen atoms in total. The van der Waals surface area contributed by atoms with Crippen molar-refractivity contribution in [2.24, 2.45) is 7.05 Å². The third-order valence-electron chi connectivity index (χ3n) is 3.33. The second-order valence-electron chi connectivity index (χ2n) is 4.23. The molecule has 0 fully saturated rings. The number of nitrogens with zero attached hydrogens (tertiary/aromatic N) is 2. The molecule has 2 aromatic rings. The van der Waals surface area contributed by atoms with Crippen LogP contribution in [0.3, 0.4) is 0 Å². The molecule has 1 N–H and O–H groups in total. The molecule has 0 aliphatic carbocycles. The average Bonchev–Trinajstić information content (AvgIpc) is 2.66. The third-order valence-corrected chi connectivity index (χ3v) is 3.33. The highest BCUT2D eigenvalue weighted by atomic mass is 16.2. The second kappa shape index (κ2) is 3.36. The number of amides is 1. The van der Waals surface area contributed by atoms with Crippen LogP contribution in [0, 0.1) is 11.3 Å². The maximum atomic E-state index is 11.9. The fourth-order valence-electron chi connectivity index (χ4n) is 2.54. The number of carbonyl (C=O) groups excluding carboxylic acids is 1. The summed E-state index contributed by atoms with van der Waals surface area (Å²) in [4.78, 5) is 11.9. The SMILES string of the molecule is Cn1c2c(c3ccccc31)C(C#N)CNC2=O. The van der Waals surface area contributed by atoms with Crippen molar-refractivity contribution in [2.75, 3.05) is 6.54 Å². The highest BCUT2D eigenvalue weighted by molar-refractivity contribution is 6.03. The van der Waals surface area contributed by atoms with Gasteiger partial charge < -0.3 is 9.88 Å². The summed E-state index contributed by atoms with van der Waals surface area (Å²) in [6.45, 7) is 0.399. The Bertz CT molecular complexity index is 663. The molecule has 0 saturated heterocycles. The number of para-hydroxylation sites is 1. The van der Waals surface area contributed by atoms with Crippen LogP contribution < -0.4 is 5.32 Å². The Morgan fingerprint density at radius 2 is 2.24 bits per heavy atom. The minimum absolute atomic E-state index is 0.0924. The first kappa shape index (κ1) is 9.91. The van der Waals surface area contributed by atoms with Crippen molar-refractivity contribution in [1.82, 2.24) is 9.88 Å². The lowest BCUT2D eigenvalue weighted by Crippen LogP contribution is -2.35. The fraction of sp³-hybridized carbons (Fsp3) is 0.231. The monoisotopic (exact) mass is 225 g/mol. The third kappa shape index (κ3) is 1.19. The summed E-state index contributed by atoms with van der Waals surface area (Å²) < 4.78 is 1.86. The van der Waals surface area contributed by atoms with Crippen molar-refractivity contribution in [1.29, 1.82) is 5.26 Å². The first-order valence-electron chi connectivity index (χ1n) is 5.49. The van der Waals surface area contributed by atoms with Crippen LogP contribution in [0.4, 0.5) is 0 Å². The maximum Gasteiger partial charge on any atom is 0.268 e. The normalized spacial score (nSPS) is 18.6. The lowest BCUT2D eigenvalue weighted by Gasteiger charge is -2.18. The van der Waals surface area contributed by atoms with Gasteiger partial charge in [-0.3, -0.25) is 4.79 Å². The van der Waals surface area contributed by atoms with E-state index >= 15 is 0 Å². The predicted molar refractivity (Wildman–Crippen MR) is 63.6 cm³/mol. The van der Waals surface area contributed by atoms with E-state index in [9.17, 15) is 10.1 Å². The molecular formula is C13H11N3O. The molecule has 1 aliphatic rings. The number of benzene rings is 1. The zero-order chi connectivity index (χ0) is 12.0. The van der Waals surface area contributed by atoms with Crippen LogP contribution >= 0.6 is 0 Å². The number of nitriles is 1. The number of fused-ring (bicyclic) bond motifs is 3. The molecule has 1 amide bonds. The molecule has 0 bridgehead atoms. The zero-order valence-electron chi connectivity index (χ0n) is 9.40. The number of hydrogen-bond acceptors (Lipinski definition) is 2. The van der Waals surface area contributed by atoms with Crippen LogP contribution in [0.2, 0.25) is 0 Å². The van der Waals surface area contributed by atoms with E-state index < -0.39 is 0 Å². The minimum Gasteiger partial charge on any atom is -0.349 e. The standard InChI is InChI=1S/C13H11N3O/c1-16-10-5-3-2-4-9(10)11-8(6-14)7-15-13(17)12(11)16/h2-5,8H,7H2,1H3,(H,15,17). The predicted octanol–water partition coefficient (Wildman–Crippen LogP) is 1.53. The van der Waals surface area contributed by atoms with Crippen molar-refractivity contribution in [2.45, 2.75) is 5.92 Å². The molecule has 1 atom stereocenters. The molecule has 1 aromatic heterocycles. The number of rotatable bonds is 0. The first-order chi connectivity index (χ1) is 8.24. The Balaban J connectivity index is 2.45. The van der Waals surface area contributed by atoms with E-state index in [0.29, 0.717) is 12.2 Å². The number of aromatic nitrogens is 1. The Morgan fingerprint density at radius 1 is 1.47 bits per heavy atom. The van der Waals surface area contributed by atoms with E-state index in [1.54, 1.807) is 0 Å². The molecule has 17 heavy (non-hydrogen) atoms. The summed E-state index contributed by atoms with van der Waals surface area (Å²) in [5.74, 6) is -0.348. The van der Waals surface area contributed by atoms with Crippen LogP contribution in [0.15, 0.2) is 24.3 Å². The number of nitrogens with one attached hydrogen (secondary N) is 1. The van der Waals surface area contributed by atoms with E-state index in [1.165, 1.54) is 0 Å². The fourth-order valence-corrected chi connectivity index (χ4v) is 2.54. The molecule has 4 heteroatoms. The molecule has 0 saturated carbocycles. The van der Waals surface area contributed by atoms with Gasteiger partial charge in [0.25, 0.3) is 5.91 Å². The number of hydrogen-bond donors (Lipinski definition) is 1. The molecule has 84 valence electrons. The van der Waals surface area contributed by atoms with Crippen molar-refractivity contribution < 1.29 is 4.79 Å². The Labute approximate surface area is 98.5 Å². The van der Waals surface area contributed by atoms with Crippen molar-refractivity contribution >= 4 is 16.8 Å². The lowest BCUT2D eigenvalue weighted by molar-refractivity contribution is 0.0935. The topological polar surface area (TPSA) is 57.8 Å². The molecule has 0 spiro atoms. The van der Waals surface area contributed by atoms with Gasteiger partial charge in [0.2, 0.25) is 0 Å². The molecule has 3 rings (SSSR count). The quantitative estimate of drug-likeness (QED) is 0.739. The Kier molecular flexibility index (Phi) is 1.96. The van der Waals surface area contributed by atoms with E-state index in [4.69, 9.17) is 0 Å². The molecular weight excluding hydrogens is 214 g/mol. The zero-order valence-corrected chi connectivity index (χ0v) is 9.40. The summed E-state index contributed by atoms with van der Waals surface area (Å²) in [5, 5.41) is 12.9. The summed E-state index contributed by atoms with van der Waals surface area (Å²) in [6, 6.07) is 10.1. The van der Waals surface area contributed by atoms with Crippen LogP contribution in [0.1, 0.15) is 22.0 Å². The maximum absolute atomic E-state index is 11.9. The van der Waals surface area contributed by atoms with Gasteiger partial charge in [0.15, 0.2) is 0 Å². The summed E-state index contributed by atoms with van der Waals surface area (Å²) >= 11 is 0. The van der Waals surface area contributed by atoms with Gasteiger partial charge in [0, 0.05) is 30.1 Å². The minimum atomic E-state index is -0.256. The number of aryl methyl sites for hydroxylation is 1.